The molecule has 7 heteroatoms. The van der Waals surface area contributed by atoms with E-state index in [0.717, 1.165) is 0 Å². The van der Waals surface area contributed by atoms with Crippen LogP contribution in [0.2, 0.25) is 0 Å². The first-order chi connectivity index (χ1) is 8.93. The molecule has 1 aliphatic heterocycles. The van der Waals surface area contributed by atoms with Gasteiger partial charge in [0, 0.05) is 0 Å². The lowest BCUT2D eigenvalue weighted by atomic mass is 9.93. The number of hydrogen-bond acceptors (Lipinski definition) is 5. The van der Waals surface area contributed by atoms with Gasteiger partial charge in [0.25, 0.3) is 0 Å². The van der Waals surface area contributed by atoms with Gasteiger partial charge in [0.15, 0.2) is 11.5 Å². The van der Waals surface area contributed by atoms with Crippen molar-refractivity contribution < 1.29 is 14.2 Å². The van der Waals surface area contributed by atoms with Gasteiger partial charge in [-0.1, -0.05) is 0 Å². The van der Waals surface area contributed by atoms with Gasteiger partial charge in [-0.2, -0.15) is 5.10 Å². The summed E-state index contributed by atoms with van der Waals surface area (Å²) in [6.45, 7) is 2.97. The fourth-order valence-electron chi connectivity index (χ4n) is 2.57. The molecular weight excluding hydrogens is 251 g/mol. The van der Waals surface area contributed by atoms with E-state index in [1.165, 1.54) is 17.8 Å². The van der Waals surface area contributed by atoms with Crippen LogP contribution in [-0.4, -0.2) is 37.6 Å². The zero-order valence-electron chi connectivity index (χ0n) is 10.6. The second-order valence-corrected chi connectivity index (χ2v) is 5.02. The fraction of sp³-hybridized carbons (Fsp3) is 0.500. The lowest BCUT2D eigenvalue weighted by molar-refractivity contribution is -0.0000496. The Morgan fingerprint density at radius 3 is 2.89 bits per heavy atom. The SMILES string of the molecule is C[C@H]1O[C@@H](c2ccc3c(N)ncnn23)[C@](C)(F)[C@@H]1O. The van der Waals surface area contributed by atoms with Crippen molar-refractivity contribution in [1.82, 2.24) is 14.6 Å². The number of anilines is 1. The van der Waals surface area contributed by atoms with Crippen LogP contribution in [-0.2, 0) is 4.74 Å². The largest absolute Gasteiger partial charge is 0.387 e. The molecule has 1 fully saturated rings. The maximum absolute atomic E-state index is 14.6. The van der Waals surface area contributed by atoms with E-state index in [0.29, 0.717) is 17.0 Å². The van der Waals surface area contributed by atoms with Crippen LogP contribution < -0.4 is 5.73 Å². The summed E-state index contributed by atoms with van der Waals surface area (Å²) in [6.07, 6.45) is -1.35. The van der Waals surface area contributed by atoms with Gasteiger partial charge in [0.05, 0.1) is 11.8 Å². The Balaban J connectivity index is 2.13. The van der Waals surface area contributed by atoms with E-state index in [1.54, 1.807) is 19.1 Å². The molecule has 3 N–H and O–H groups in total. The summed E-state index contributed by atoms with van der Waals surface area (Å²) < 4.78 is 21.7. The highest BCUT2D eigenvalue weighted by molar-refractivity contribution is 5.65. The molecule has 3 heterocycles. The third kappa shape index (κ3) is 1.62. The number of halogens is 1. The monoisotopic (exact) mass is 266 g/mol. The number of ether oxygens (including phenoxy) is 1. The Bertz CT molecular complexity index is 627. The molecule has 4 atom stereocenters. The van der Waals surface area contributed by atoms with Gasteiger partial charge in [0.1, 0.15) is 24.1 Å². The number of aliphatic hydroxyl groups is 1. The van der Waals surface area contributed by atoms with Gasteiger partial charge < -0.3 is 15.6 Å². The van der Waals surface area contributed by atoms with E-state index in [1.807, 2.05) is 0 Å². The Morgan fingerprint density at radius 2 is 2.26 bits per heavy atom. The van der Waals surface area contributed by atoms with E-state index >= 15 is 0 Å². The minimum absolute atomic E-state index is 0.313. The quantitative estimate of drug-likeness (QED) is 0.799. The van der Waals surface area contributed by atoms with Crippen molar-refractivity contribution in [1.29, 1.82) is 0 Å². The number of alkyl halides is 1. The Morgan fingerprint density at radius 1 is 1.53 bits per heavy atom. The van der Waals surface area contributed by atoms with E-state index < -0.39 is 24.0 Å². The van der Waals surface area contributed by atoms with Crippen LogP contribution in [0.3, 0.4) is 0 Å². The molecule has 2 aromatic rings. The summed E-state index contributed by atoms with van der Waals surface area (Å²) in [6, 6.07) is 3.40. The van der Waals surface area contributed by atoms with Crippen LogP contribution >= 0.6 is 0 Å². The van der Waals surface area contributed by atoms with Crippen LogP contribution in [0.1, 0.15) is 25.6 Å². The number of fused-ring (bicyclic) bond motifs is 1. The first-order valence-electron chi connectivity index (χ1n) is 6.03. The minimum Gasteiger partial charge on any atom is -0.387 e. The van der Waals surface area contributed by atoms with Gasteiger partial charge in [-0.3, -0.25) is 0 Å². The average molecular weight is 266 g/mol. The standard InChI is InChI=1S/C12H15FN4O2/c1-6-9(18)12(2,13)10(19-6)7-3-4-8-11(14)15-5-16-17(7)8/h3-6,9-10,18H,1-2H3,(H2,14,15,16)/t6-,9-,10+,12-/m1/s1. The van der Waals surface area contributed by atoms with Gasteiger partial charge in [-0.05, 0) is 26.0 Å². The number of aliphatic hydroxyl groups excluding tert-OH is 1. The first kappa shape index (κ1) is 12.3. The molecule has 0 bridgehead atoms. The van der Waals surface area contributed by atoms with Crippen molar-refractivity contribution in [3.63, 3.8) is 0 Å². The van der Waals surface area contributed by atoms with Crippen LogP contribution in [0, 0.1) is 0 Å². The van der Waals surface area contributed by atoms with Crippen LogP contribution in [0.15, 0.2) is 18.5 Å². The topological polar surface area (TPSA) is 85.7 Å². The number of nitrogen functional groups attached to an aromatic ring is 1. The highest BCUT2D eigenvalue weighted by Gasteiger charge is 2.53. The Labute approximate surface area is 109 Å². The third-order valence-electron chi connectivity index (χ3n) is 3.67. The van der Waals surface area contributed by atoms with Gasteiger partial charge in [-0.15, -0.1) is 0 Å². The summed E-state index contributed by atoms with van der Waals surface area (Å²) in [5, 5.41) is 13.9. The summed E-state index contributed by atoms with van der Waals surface area (Å²) in [7, 11) is 0. The molecular formula is C12H15FN4O2. The summed E-state index contributed by atoms with van der Waals surface area (Å²) >= 11 is 0. The third-order valence-corrected chi connectivity index (χ3v) is 3.67. The average Bonchev–Trinajstić information content (AvgIpc) is 2.86. The fourth-order valence-corrected chi connectivity index (χ4v) is 2.57. The summed E-state index contributed by atoms with van der Waals surface area (Å²) in [4.78, 5) is 3.88. The molecule has 102 valence electrons. The molecule has 0 amide bonds. The number of nitrogens with zero attached hydrogens (tertiary/aromatic N) is 3. The first-order valence-corrected chi connectivity index (χ1v) is 6.03. The molecule has 0 saturated carbocycles. The molecule has 0 unspecified atom stereocenters. The lowest BCUT2D eigenvalue weighted by Gasteiger charge is -2.23. The zero-order valence-corrected chi connectivity index (χ0v) is 10.6. The molecule has 0 radical (unpaired) electrons. The normalized spacial score (nSPS) is 35.1. The minimum atomic E-state index is -1.88. The molecule has 0 aromatic carbocycles. The Kier molecular flexibility index (Phi) is 2.51. The van der Waals surface area contributed by atoms with Crippen LogP contribution in [0.25, 0.3) is 5.52 Å². The number of rotatable bonds is 1. The summed E-state index contributed by atoms with van der Waals surface area (Å²) in [5.41, 5.74) is 4.95. The van der Waals surface area contributed by atoms with Crippen molar-refractivity contribution in [2.45, 2.75) is 37.8 Å². The van der Waals surface area contributed by atoms with Gasteiger partial charge >= 0.3 is 0 Å². The van der Waals surface area contributed by atoms with Gasteiger partial charge in [0.2, 0.25) is 0 Å². The maximum atomic E-state index is 14.6. The number of nitrogens with two attached hydrogens (primary N) is 1. The second-order valence-electron chi connectivity index (χ2n) is 5.02. The van der Waals surface area contributed by atoms with Crippen LogP contribution in [0.4, 0.5) is 10.2 Å². The van der Waals surface area contributed by atoms with Gasteiger partial charge in [-0.25, -0.2) is 13.9 Å². The Hall–Kier alpha value is -1.73. The van der Waals surface area contributed by atoms with Crippen LogP contribution in [0.5, 0.6) is 0 Å². The predicted molar refractivity (Wildman–Crippen MR) is 66.2 cm³/mol. The number of hydrogen-bond donors (Lipinski definition) is 2. The van der Waals surface area contributed by atoms with Crippen molar-refractivity contribution in [2.24, 2.45) is 0 Å². The molecule has 6 nitrogen and oxygen atoms in total. The highest BCUT2D eigenvalue weighted by atomic mass is 19.1. The van der Waals surface area contributed by atoms with Crippen molar-refractivity contribution in [2.75, 3.05) is 5.73 Å². The number of aromatic nitrogens is 3. The van der Waals surface area contributed by atoms with E-state index in [-0.39, 0.29) is 0 Å². The lowest BCUT2D eigenvalue weighted by Crippen LogP contribution is -2.37. The molecule has 3 rings (SSSR count). The van der Waals surface area contributed by atoms with Crippen molar-refractivity contribution in [3.8, 4) is 0 Å². The summed E-state index contributed by atoms with van der Waals surface area (Å²) in [5.74, 6) is 0.313. The second kappa shape index (κ2) is 3.88. The van der Waals surface area contributed by atoms with E-state index in [9.17, 15) is 9.50 Å². The van der Waals surface area contributed by atoms with E-state index in [2.05, 4.69) is 10.1 Å². The molecule has 0 spiro atoms. The maximum Gasteiger partial charge on any atom is 0.168 e. The molecule has 1 aliphatic rings. The van der Waals surface area contributed by atoms with Crippen molar-refractivity contribution in [3.05, 3.63) is 24.2 Å². The smallest absolute Gasteiger partial charge is 0.168 e. The van der Waals surface area contributed by atoms with Crippen molar-refractivity contribution >= 4 is 11.3 Å². The zero-order chi connectivity index (χ0) is 13.8. The highest BCUT2D eigenvalue weighted by Crippen LogP contribution is 2.44. The van der Waals surface area contributed by atoms with E-state index in [4.69, 9.17) is 10.5 Å². The molecule has 19 heavy (non-hydrogen) atoms. The predicted octanol–water partition coefficient (Wildman–Crippen LogP) is 0.860. The molecule has 2 aromatic heterocycles. The molecule has 1 saturated heterocycles. The molecule has 0 aliphatic carbocycles.